The number of hydrogen-bond acceptors (Lipinski definition) is 6. The number of aromatic nitrogens is 1. The second kappa shape index (κ2) is 6.04. The Kier molecular flexibility index (Phi) is 4.26. The van der Waals surface area contributed by atoms with Crippen LogP contribution in [-0.4, -0.2) is 62.7 Å². The van der Waals surface area contributed by atoms with Crippen LogP contribution in [0, 0.1) is 0 Å². The molecule has 7 nitrogen and oxygen atoms in total. The second-order valence-corrected chi connectivity index (χ2v) is 5.59. The molecular weight excluding hydrogens is 314 g/mol. The summed E-state index contributed by atoms with van der Waals surface area (Å²) in [6.07, 6.45) is -5.03. The van der Waals surface area contributed by atoms with Crippen molar-refractivity contribution in [2.75, 3.05) is 6.61 Å². The highest BCUT2D eigenvalue weighted by Gasteiger charge is 2.44. The van der Waals surface area contributed by atoms with E-state index in [0.29, 0.717) is 16.2 Å². The minimum atomic E-state index is -1.48. The van der Waals surface area contributed by atoms with Gasteiger partial charge in [-0.25, -0.2) is 0 Å². The van der Waals surface area contributed by atoms with Crippen LogP contribution in [0.15, 0.2) is 24.4 Å². The molecule has 8 heteroatoms. The molecule has 1 aromatic heterocycles. The van der Waals surface area contributed by atoms with Gasteiger partial charge < -0.3 is 34.9 Å². The normalized spacial score (nSPS) is 32.3. The number of aromatic amines is 1. The lowest BCUT2D eigenvalue weighted by Gasteiger charge is -2.39. The first-order valence-corrected chi connectivity index (χ1v) is 7.13. The Morgan fingerprint density at radius 3 is 2.68 bits per heavy atom. The number of ether oxygens (including phenoxy) is 2. The van der Waals surface area contributed by atoms with Crippen molar-refractivity contribution >= 4 is 22.5 Å². The number of rotatable bonds is 3. The molecule has 120 valence electrons. The Labute approximate surface area is 130 Å². The van der Waals surface area contributed by atoms with Crippen LogP contribution in [0.25, 0.3) is 10.9 Å². The van der Waals surface area contributed by atoms with Crippen molar-refractivity contribution in [2.24, 2.45) is 0 Å². The third kappa shape index (κ3) is 2.67. The highest BCUT2D eigenvalue weighted by molar-refractivity contribution is 6.31. The van der Waals surface area contributed by atoms with Crippen molar-refractivity contribution in [3.05, 3.63) is 29.4 Å². The Morgan fingerprint density at radius 2 is 1.95 bits per heavy atom. The summed E-state index contributed by atoms with van der Waals surface area (Å²) >= 11 is 5.95. The molecule has 1 aliphatic heterocycles. The van der Waals surface area contributed by atoms with Gasteiger partial charge in [-0.05, 0) is 18.2 Å². The molecule has 22 heavy (non-hydrogen) atoms. The molecule has 0 unspecified atom stereocenters. The van der Waals surface area contributed by atoms with Gasteiger partial charge in [-0.15, -0.1) is 0 Å². The van der Waals surface area contributed by atoms with Crippen molar-refractivity contribution in [3.63, 3.8) is 0 Å². The fourth-order valence-electron chi connectivity index (χ4n) is 2.45. The van der Waals surface area contributed by atoms with Crippen LogP contribution in [0.2, 0.25) is 5.02 Å². The van der Waals surface area contributed by atoms with Crippen molar-refractivity contribution in [2.45, 2.75) is 30.7 Å². The van der Waals surface area contributed by atoms with Crippen molar-refractivity contribution in [1.82, 2.24) is 4.98 Å². The molecule has 3 rings (SSSR count). The number of aliphatic hydroxyl groups excluding tert-OH is 4. The van der Waals surface area contributed by atoms with Gasteiger partial charge in [0.05, 0.1) is 6.61 Å². The molecule has 0 spiro atoms. The quantitative estimate of drug-likeness (QED) is 0.541. The summed E-state index contributed by atoms with van der Waals surface area (Å²) in [7, 11) is 0. The molecule has 2 aromatic rings. The van der Waals surface area contributed by atoms with E-state index in [0.717, 1.165) is 5.52 Å². The fraction of sp³-hybridized carbons (Fsp3) is 0.429. The molecule has 0 bridgehead atoms. The maximum atomic E-state index is 9.97. The van der Waals surface area contributed by atoms with Gasteiger partial charge in [-0.3, -0.25) is 0 Å². The first-order chi connectivity index (χ1) is 10.5. The zero-order valence-corrected chi connectivity index (χ0v) is 12.1. The number of halogens is 1. The maximum absolute atomic E-state index is 9.97. The van der Waals surface area contributed by atoms with Gasteiger partial charge in [0.15, 0.2) is 0 Å². The highest BCUT2D eigenvalue weighted by Crippen LogP contribution is 2.31. The maximum Gasteiger partial charge on any atom is 0.229 e. The van der Waals surface area contributed by atoms with E-state index in [1.165, 1.54) is 0 Å². The Morgan fingerprint density at radius 1 is 1.18 bits per heavy atom. The van der Waals surface area contributed by atoms with E-state index >= 15 is 0 Å². The molecule has 2 heterocycles. The standard InChI is InChI=1S/C14H16ClNO6/c15-6-1-2-8-7(3-6)9(4-16-8)21-14-13(20)12(19)11(18)10(5-17)22-14/h1-4,10-14,16-20H,5H2/t10-,11-,12+,13-,14-/m1/s1. The predicted molar refractivity (Wildman–Crippen MR) is 77.7 cm³/mol. The predicted octanol–water partition coefficient (Wildman–Crippen LogP) is -0.000000000000000278. The van der Waals surface area contributed by atoms with Gasteiger partial charge in [-0.1, -0.05) is 11.6 Å². The lowest BCUT2D eigenvalue weighted by molar-refractivity contribution is -0.277. The first kappa shape index (κ1) is 15.5. The number of nitrogens with one attached hydrogen (secondary N) is 1. The topological polar surface area (TPSA) is 115 Å². The van der Waals surface area contributed by atoms with Gasteiger partial charge >= 0.3 is 0 Å². The van der Waals surface area contributed by atoms with E-state index in [9.17, 15) is 15.3 Å². The third-order valence-corrected chi connectivity index (χ3v) is 3.93. The number of fused-ring (bicyclic) bond motifs is 1. The van der Waals surface area contributed by atoms with E-state index in [1.807, 2.05) is 0 Å². The van der Waals surface area contributed by atoms with Crippen LogP contribution < -0.4 is 4.74 Å². The van der Waals surface area contributed by atoms with Gasteiger partial charge in [0.1, 0.15) is 30.2 Å². The summed E-state index contributed by atoms with van der Waals surface area (Å²) in [5.41, 5.74) is 0.781. The van der Waals surface area contributed by atoms with Gasteiger partial charge in [0.25, 0.3) is 0 Å². The number of hydrogen-bond donors (Lipinski definition) is 5. The fourth-order valence-corrected chi connectivity index (χ4v) is 2.63. The molecule has 0 aliphatic carbocycles. The lowest BCUT2D eigenvalue weighted by Crippen LogP contribution is -2.60. The highest BCUT2D eigenvalue weighted by atomic mass is 35.5. The summed E-state index contributed by atoms with van der Waals surface area (Å²) in [5.74, 6) is 0.377. The largest absolute Gasteiger partial charge is 0.460 e. The molecule has 0 amide bonds. The Balaban J connectivity index is 1.85. The zero-order valence-electron chi connectivity index (χ0n) is 11.4. The lowest BCUT2D eigenvalue weighted by atomic mass is 9.99. The SMILES string of the molecule is OC[C@H]1O[C@@H](Oc2c[nH]c3ccc(Cl)cc23)[C@H](O)[C@@H](O)[C@@H]1O. The van der Waals surface area contributed by atoms with E-state index in [4.69, 9.17) is 26.2 Å². The van der Waals surface area contributed by atoms with Crippen molar-refractivity contribution in [1.29, 1.82) is 0 Å². The van der Waals surface area contributed by atoms with Gasteiger partial charge in [0, 0.05) is 22.1 Å². The molecule has 5 N–H and O–H groups in total. The van der Waals surface area contributed by atoms with Crippen molar-refractivity contribution < 1.29 is 29.9 Å². The molecule has 1 fully saturated rings. The van der Waals surface area contributed by atoms with Gasteiger partial charge in [-0.2, -0.15) is 0 Å². The molecule has 1 aromatic carbocycles. The zero-order chi connectivity index (χ0) is 15.9. The molecule has 1 saturated heterocycles. The summed E-state index contributed by atoms with van der Waals surface area (Å²) in [5, 5.41) is 39.8. The van der Waals surface area contributed by atoms with E-state index in [2.05, 4.69) is 4.98 Å². The minimum absolute atomic E-state index is 0.377. The summed E-state index contributed by atoms with van der Waals surface area (Å²) in [6.45, 7) is -0.509. The second-order valence-electron chi connectivity index (χ2n) is 5.16. The molecule has 1 aliphatic rings. The number of benzene rings is 1. The summed E-state index contributed by atoms with van der Waals surface area (Å²) in [4.78, 5) is 2.98. The van der Waals surface area contributed by atoms with E-state index < -0.39 is 37.3 Å². The van der Waals surface area contributed by atoms with Crippen LogP contribution in [0.1, 0.15) is 0 Å². The average molecular weight is 330 g/mol. The molecule has 0 saturated carbocycles. The Bertz CT molecular complexity index is 660. The van der Waals surface area contributed by atoms with Crippen LogP contribution >= 0.6 is 11.6 Å². The van der Waals surface area contributed by atoms with Crippen LogP contribution in [-0.2, 0) is 4.74 Å². The van der Waals surface area contributed by atoms with Gasteiger partial charge in [0.2, 0.25) is 6.29 Å². The Hall–Kier alpha value is -1.35. The molecule has 5 atom stereocenters. The van der Waals surface area contributed by atoms with Crippen LogP contribution in [0.3, 0.4) is 0 Å². The van der Waals surface area contributed by atoms with E-state index in [-0.39, 0.29) is 0 Å². The first-order valence-electron chi connectivity index (χ1n) is 6.75. The smallest absolute Gasteiger partial charge is 0.229 e. The minimum Gasteiger partial charge on any atom is -0.460 e. The molecular formula is C14H16ClNO6. The monoisotopic (exact) mass is 329 g/mol. The summed E-state index contributed by atoms with van der Waals surface area (Å²) < 4.78 is 10.9. The summed E-state index contributed by atoms with van der Waals surface area (Å²) in [6, 6.07) is 5.18. The van der Waals surface area contributed by atoms with E-state index in [1.54, 1.807) is 24.4 Å². The third-order valence-electron chi connectivity index (χ3n) is 3.70. The van der Waals surface area contributed by atoms with Crippen LogP contribution in [0.5, 0.6) is 5.75 Å². The molecule has 0 radical (unpaired) electrons. The van der Waals surface area contributed by atoms with Crippen molar-refractivity contribution in [3.8, 4) is 5.75 Å². The van der Waals surface area contributed by atoms with Crippen LogP contribution in [0.4, 0.5) is 0 Å². The number of aliphatic hydroxyl groups is 4. The average Bonchev–Trinajstić information content (AvgIpc) is 2.90. The number of H-pyrrole nitrogens is 1.